The van der Waals surface area contributed by atoms with Crippen molar-refractivity contribution in [2.45, 2.75) is 13.3 Å². The molecule has 0 bridgehead atoms. The summed E-state index contributed by atoms with van der Waals surface area (Å²) >= 11 is 6.01. The summed E-state index contributed by atoms with van der Waals surface area (Å²) in [7, 11) is 2.93. The monoisotopic (exact) mass is 357 g/mol. The zero-order valence-corrected chi connectivity index (χ0v) is 15.0. The van der Waals surface area contributed by atoms with Gasteiger partial charge in [-0.2, -0.15) is 0 Å². The van der Waals surface area contributed by atoms with Crippen LogP contribution in [0.4, 0.5) is 0 Å². The highest BCUT2D eigenvalue weighted by atomic mass is 35.5. The molecule has 0 aliphatic heterocycles. The van der Waals surface area contributed by atoms with Crippen LogP contribution in [0.1, 0.15) is 13.3 Å². The van der Waals surface area contributed by atoms with E-state index in [2.05, 4.69) is 0 Å². The van der Waals surface area contributed by atoms with Crippen molar-refractivity contribution in [3.05, 3.63) is 29.3 Å². The largest absolute Gasteiger partial charge is 0.482 e. The van der Waals surface area contributed by atoms with Crippen molar-refractivity contribution in [1.29, 1.82) is 0 Å². The van der Waals surface area contributed by atoms with E-state index in [0.717, 1.165) is 0 Å². The van der Waals surface area contributed by atoms with Gasteiger partial charge < -0.3 is 19.1 Å². The Bertz CT molecular complexity index is 537. The predicted molar refractivity (Wildman–Crippen MR) is 91.2 cm³/mol. The zero-order chi connectivity index (χ0) is 17.9. The van der Waals surface area contributed by atoms with Gasteiger partial charge in [0.05, 0.1) is 18.1 Å². The number of halogens is 1. The van der Waals surface area contributed by atoms with Crippen LogP contribution in [0, 0.1) is 5.92 Å². The SMILES string of the molecule is COCCCN(CC(C)C(=O)OC)C(=O)COc1ccccc1Cl. The molecule has 0 aromatic heterocycles. The molecular formula is C17H24ClNO5. The summed E-state index contributed by atoms with van der Waals surface area (Å²) in [6.07, 6.45) is 0.669. The van der Waals surface area contributed by atoms with E-state index in [1.165, 1.54) is 7.11 Å². The van der Waals surface area contributed by atoms with Crippen LogP contribution in [-0.4, -0.2) is 57.3 Å². The first-order valence-corrected chi connectivity index (χ1v) is 8.09. The topological polar surface area (TPSA) is 65.1 Å². The third kappa shape index (κ3) is 6.76. The minimum Gasteiger partial charge on any atom is -0.482 e. The van der Waals surface area contributed by atoms with Gasteiger partial charge >= 0.3 is 5.97 Å². The van der Waals surface area contributed by atoms with E-state index >= 15 is 0 Å². The van der Waals surface area contributed by atoms with Crippen LogP contribution in [0.5, 0.6) is 5.75 Å². The third-order valence-electron chi connectivity index (χ3n) is 3.41. The Kier molecular flexibility index (Phi) is 9.19. The quantitative estimate of drug-likeness (QED) is 0.475. The average Bonchev–Trinajstić information content (AvgIpc) is 2.59. The number of rotatable bonds is 10. The molecule has 0 saturated heterocycles. The highest BCUT2D eigenvalue weighted by Gasteiger charge is 2.21. The van der Waals surface area contributed by atoms with Gasteiger partial charge in [0, 0.05) is 26.8 Å². The Morgan fingerprint density at radius 2 is 1.96 bits per heavy atom. The fourth-order valence-electron chi connectivity index (χ4n) is 2.12. The maximum atomic E-state index is 12.4. The molecule has 6 nitrogen and oxygen atoms in total. The lowest BCUT2D eigenvalue weighted by Gasteiger charge is -2.25. The molecule has 1 amide bonds. The van der Waals surface area contributed by atoms with Crippen LogP contribution in [0.3, 0.4) is 0 Å². The molecule has 0 spiro atoms. The maximum absolute atomic E-state index is 12.4. The van der Waals surface area contributed by atoms with Crippen LogP contribution in [0.25, 0.3) is 0 Å². The van der Waals surface area contributed by atoms with Gasteiger partial charge in [-0.05, 0) is 18.6 Å². The summed E-state index contributed by atoms with van der Waals surface area (Å²) in [6.45, 7) is 2.84. The third-order valence-corrected chi connectivity index (χ3v) is 3.73. The lowest BCUT2D eigenvalue weighted by atomic mass is 10.1. The van der Waals surface area contributed by atoms with Crippen LogP contribution in [0.15, 0.2) is 24.3 Å². The van der Waals surface area contributed by atoms with Gasteiger partial charge in [0.2, 0.25) is 0 Å². The van der Waals surface area contributed by atoms with E-state index in [0.29, 0.717) is 30.3 Å². The minimum atomic E-state index is -0.415. The highest BCUT2D eigenvalue weighted by molar-refractivity contribution is 6.32. The first-order chi connectivity index (χ1) is 11.5. The minimum absolute atomic E-state index is 0.148. The summed E-state index contributed by atoms with van der Waals surface area (Å²) < 4.78 is 15.2. The van der Waals surface area contributed by atoms with Crippen molar-refractivity contribution in [2.24, 2.45) is 5.92 Å². The molecule has 1 unspecified atom stereocenters. The molecule has 1 rings (SSSR count). The second-order valence-corrected chi connectivity index (χ2v) is 5.74. The van der Waals surface area contributed by atoms with Gasteiger partial charge in [-0.25, -0.2) is 0 Å². The van der Waals surface area contributed by atoms with Crippen LogP contribution in [-0.2, 0) is 19.1 Å². The number of esters is 1. The predicted octanol–water partition coefficient (Wildman–Crippen LogP) is 2.39. The molecule has 1 aromatic rings. The smallest absolute Gasteiger partial charge is 0.310 e. The van der Waals surface area contributed by atoms with E-state index in [9.17, 15) is 9.59 Å². The van der Waals surface area contributed by atoms with Crippen molar-refractivity contribution in [3.8, 4) is 5.75 Å². The molecule has 24 heavy (non-hydrogen) atoms. The van der Waals surface area contributed by atoms with Crippen molar-refractivity contribution >= 4 is 23.5 Å². The van der Waals surface area contributed by atoms with Crippen molar-refractivity contribution in [1.82, 2.24) is 4.90 Å². The number of para-hydroxylation sites is 1. The lowest BCUT2D eigenvalue weighted by molar-refractivity contribution is -0.146. The van der Waals surface area contributed by atoms with E-state index < -0.39 is 5.92 Å². The van der Waals surface area contributed by atoms with E-state index in [1.807, 2.05) is 0 Å². The second-order valence-electron chi connectivity index (χ2n) is 5.33. The molecular weight excluding hydrogens is 334 g/mol. The molecule has 134 valence electrons. The number of ether oxygens (including phenoxy) is 3. The van der Waals surface area contributed by atoms with E-state index in [1.54, 1.807) is 43.2 Å². The van der Waals surface area contributed by atoms with Crippen LogP contribution < -0.4 is 4.74 Å². The molecule has 7 heteroatoms. The fourth-order valence-corrected chi connectivity index (χ4v) is 2.31. The number of nitrogens with zero attached hydrogens (tertiary/aromatic N) is 1. The first kappa shape index (κ1) is 20.3. The van der Waals surface area contributed by atoms with Crippen molar-refractivity contribution in [3.63, 3.8) is 0 Å². The number of methoxy groups -OCH3 is 2. The van der Waals surface area contributed by atoms with Crippen molar-refractivity contribution in [2.75, 3.05) is 40.5 Å². The highest BCUT2D eigenvalue weighted by Crippen LogP contribution is 2.23. The lowest BCUT2D eigenvalue weighted by Crippen LogP contribution is -2.40. The maximum Gasteiger partial charge on any atom is 0.310 e. The Morgan fingerprint density at radius 3 is 2.58 bits per heavy atom. The summed E-state index contributed by atoms with van der Waals surface area (Å²) in [5.74, 6) is -0.541. The van der Waals surface area contributed by atoms with Gasteiger partial charge in [0.15, 0.2) is 6.61 Å². The van der Waals surface area contributed by atoms with Gasteiger partial charge in [-0.1, -0.05) is 30.7 Å². The Labute approximate surface area is 147 Å². The summed E-state index contributed by atoms with van der Waals surface area (Å²) in [4.78, 5) is 25.6. The Balaban J connectivity index is 2.64. The number of hydrogen-bond donors (Lipinski definition) is 0. The molecule has 1 aromatic carbocycles. The Hall–Kier alpha value is -1.79. The van der Waals surface area contributed by atoms with Gasteiger partial charge in [0.25, 0.3) is 5.91 Å². The summed E-state index contributed by atoms with van der Waals surface area (Å²) in [5.41, 5.74) is 0. The first-order valence-electron chi connectivity index (χ1n) is 7.71. The number of carbonyl (C=O) groups is 2. The van der Waals surface area contributed by atoms with Gasteiger partial charge in [0.1, 0.15) is 5.75 Å². The zero-order valence-electron chi connectivity index (χ0n) is 14.3. The van der Waals surface area contributed by atoms with Crippen LogP contribution in [0.2, 0.25) is 5.02 Å². The normalized spacial score (nSPS) is 11.7. The number of amides is 1. The second kappa shape index (κ2) is 10.9. The fraction of sp³-hybridized carbons (Fsp3) is 0.529. The van der Waals surface area contributed by atoms with Gasteiger partial charge in [-0.3, -0.25) is 9.59 Å². The van der Waals surface area contributed by atoms with E-state index in [4.69, 9.17) is 25.8 Å². The molecule has 0 saturated carbocycles. The van der Waals surface area contributed by atoms with E-state index in [-0.39, 0.29) is 25.0 Å². The number of benzene rings is 1. The number of carbonyl (C=O) groups excluding carboxylic acids is 2. The molecule has 0 aliphatic carbocycles. The standard InChI is InChI=1S/C17H24ClNO5/c1-13(17(21)23-3)11-19(9-6-10-22-2)16(20)12-24-15-8-5-4-7-14(15)18/h4-5,7-8,13H,6,9-12H2,1-3H3. The molecule has 1 atom stereocenters. The molecule has 0 radical (unpaired) electrons. The summed E-state index contributed by atoms with van der Waals surface area (Å²) in [5, 5.41) is 0.444. The van der Waals surface area contributed by atoms with Gasteiger partial charge in [-0.15, -0.1) is 0 Å². The molecule has 0 fully saturated rings. The molecule has 0 aliphatic rings. The Morgan fingerprint density at radius 1 is 1.25 bits per heavy atom. The molecule has 0 N–H and O–H groups in total. The molecule has 0 heterocycles. The number of hydrogen-bond acceptors (Lipinski definition) is 5. The van der Waals surface area contributed by atoms with Crippen molar-refractivity contribution < 1.29 is 23.8 Å². The van der Waals surface area contributed by atoms with Crippen LogP contribution >= 0.6 is 11.6 Å². The summed E-state index contributed by atoms with van der Waals surface area (Å²) in [6, 6.07) is 6.95. The average molecular weight is 358 g/mol.